The Morgan fingerprint density at radius 3 is 2.50 bits per heavy atom. The SMILES string of the molecule is O=S(=O)(Nc1nnc(-c2c(F)cccc2Cl)s1)c1scc(Cl)c1Cl. The maximum atomic E-state index is 13.9. The lowest BCUT2D eigenvalue weighted by molar-refractivity contribution is 0.603. The van der Waals surface area contributed by atoms with Crippen LogP contribution in [0.15, 0.2) is 27.8 Å². The fourth-order valence-electron chi connectivity index (χ4n) is 1.72. The zero-order valence-electron chi connectivity index (χ0n) is 11.3. The number of rotatable bonds is 4. The van der Waals surface area contributed by atoms with Gasteiger partial charge in [0.2, 0.25) is 5.13 Å². The van der Waals surface area contributed by atoms with Gasteiger partial charge in [0.1, 0.15) is 5.82 Å². The summed E-state index contributed by atoms with van der Waals surface area (Å²) in [6, 6.07) is 4.17. The first-order valence-electron chi connectivity index (χ1n) is 6.03. The van der Waals surface area contributed by atoms with Gasteiger partial charge in [-0.25, -0.2) is 12.8 Å². The molecule has 0 amide bonds. The fourth-order valence-corrected chi connectivity index (χ4v) is 6.10. The van der Waals surface area contributed by atoms with Crippen LogP contribution in [0, 0.1) is 5.82 Å². The number of nitrogens with one attached hydrogen (secondary N) is 1. The highest BCUT2D eigenvalue weighted by atomic mass is 35.5. The van der Waals surface area contributed by atoms with E-state index in [1.54, 1.807) is 0 Å². The van der Waals surface area contributed by atoms with Gasteiger partial charge in [-0.05, 0) is 12.1 Å². The van der Waals surface area contributed by atoms with Crippen molar-refractivity contribution in [1.82, 2.24) is 10.2 Å². The van der Waals surface area contributed by atoms with Crippen LogP contribution in [-0.2, 0) is 10.0 Å². The molecule has 0 unspecified atom stereocenters. The molecule has 2 heterocycles. The molecule has 2 aromatic heterocycles. The first kappa shape index (κ1) is 17.8. The van der Waals surface area contributed by atoms with Crippen LogP contribution in [0.2, 0.25) is 15.1 Å². The topological polar surface area (TPSA) is 72.0 Å². The van der Waals surface area contributed by atoms with E-state index in [0.717, 1.165) is 22.7 Å². The summed E-state index contributed by atoms with van der Waals surface area (Å²) in [6.07, 6.45) is 0. The first-order valence-corrected chi connectivity index (χ1v) is 10.3. The molecule has 12 heteroatoms. The second kappa shape index (κ2) is 6.74. The number of aromatic nitrogens is 2. The highest BCUT2D eigenvalue weighted by molar-refractivity contribution is 7.95. The zero-order valence-corrected chi connectivity index (χ0v) is 16.0. The van der Waals surface area contributed by atoms with Gasteiger partial charge >= 0.3 is 0 Å². The third kappa shape index (κ3) is 3.37. The summed E-state index contributed by atoms with van der Waals surface area (Å²) in [7, 11) is -3.98. The van der Waals surface area contributed by atoms with Gasteiger partial charge in [-0.15, -0.1) is 21.5 Å². The summed E-state index contributed by atoms with van der Waals surface area (Å²) in [4.78, 5) is 0. The number of halogens is 4. The Hall–Kier alpha value is -0.970. The number of hydrogen-bond donors (Lipinski definition) is 1. The molecule has 0 fully saturated rings. The average Bonchev–Trinajstić information content (AvgIpc) is 3.07. The normalized spacial score (nSPS) is 11.7. The number of thiophene rings is 1. The molecule has 0 aliphatic carbocycles. The quantitative estimate of drug-likeness (QED) is 0.603. The summed E-state index contributed by atoms with van der Waals surface area (Å²) in [5, 5.41) is 9.19. The Kier molecular flexibility index (Phi) is 5.01. The summed E-state index contributed by atoms with van der Waals surface area (Å²) in [6.45, 7) is 0. The number of nitrogens with zero attached hydrogens (tertiary/aromatic N) is 2. The molecule has 0 spiro atoms. The molecule has 0 saturated heterocycles. The lowest BCUT2D eigenvalue weighted by atomic mass is 10.2. The number of benzene rings is 1. The molecule has 0 aliphatic rings. The van der Waals surface area contributed by atoms with Crippen molar-refractivity contribution >= 4 is 72.6 Å². The second-order valence-corrected chi connectivity index (χ2v) is 9.23. The van der Waals surface area contributed by atoms with Crippen molar-refractivity contribution in [3.63, 3.8) is 0 Å². The Balaban J connectivity index is 1.93. The van der Waals surface area contributed by atoms with Crippen molar-refractivity contribution in [2.45, 2.75) is 4.21 Å². The van der Waals surface area contributed by atoms with E-state index in [-0.39, 0.29) is 35.0 Å². The van der Waals surface area contributed by atoms with E-state index in [9.17, 15) is 12.8 Å². The van der Waals surface area contributed by atoms with Crippen LogP contribution in [0.1, 0.15) is 0 Å². The number of sulfonamides is 1. The van der Waals surface area contributed by atoms with E-state index < -0.39 is 15.8 Å². The van der Waals surface area contributed by atoms with Gasteiger partial charge in [-0.3, -0.25) is 4.72 Å². The van der Waals surface area contributed by atoms with E-state index in [1.165, 1.54) is 23.6 Å². The smallest absolute Gasteiger partial charge is 0.252 e. The number of anilines is 1. The molecule has 24 heavy (non-hydrogen) atoms. The lowest BCUT2D eigenvalue weighted by Crippen LogP contribution is -2.11. The van der Waals surface area contributed by atoms with Gasteiger partial charge in [-0.2, -0.15) is 0 Å². The Labute approximate surface area is 159 Å². The molecule has 0 saturated carbocycles. The van der Waals surface area contributed by atoms with E-state index in [4.69, 9.17) is 34.8 Å². The maximum absolute atomic E-state index is 13.9. The third-order valence-electron chi connectivity index (χ3n) is 2.73. The molecular weight excluding hydrogens is 440 g/mol. The maximum Gasteiger partial charge on any atom is 0.274 e. The fraction of sp³-hybridized carbons (Fsp3) is 0. The van der Waals surface area contributed by atoms with Gasteiger partial charge < -0.3 is 0 Å². The predicted octanol–water partition coefficient (Wildman–Crippen LogP) is 5.17. The Morgan fingerprint density at radius 2 is 1.88 bits per heavy atom. The summed E-state index contributed by atoms with van der Waals surface area (Å²) >= 11 is 19.3. The average molecular weight is 445 g/mol. The van der Waals surface area contributed by atoms with Crippen molar-refractivity contribution in [2.75, 3.05) is 4.72 Å². The molecule has 0 atom stereocenters. The van der Waals surface area contributed by atoms with Gasteiger partial charge in [0.15, 0.2) is 9.22 Å². The monoisotopic (exact) mass is 443 g/mol. The minimum Gasteiger partial charge on any atom is -0.252 e. The van der Waals surface area contributed by atoms with Crippen molar-refractivity contribution in [3.8, 4) is 10.6 Å². The van der Waals surface area contributed by atoms with Crippen molar-refractivity contribution < 1.29 is 12.8 Å². The Bertz CT molecular complexity index is 999. The molecule has 1 N–H and O–H groups in total. The number of hydrogen-bond acceptors (Lipinski definition) is 6. The first-order chi connectivity index (χ1) is 11.3. The lowest BCUT2D eigenvalue weighted by Gasteiger charge is -2.02. The van der Waals surface area contributed by atoms with Crippen LogP contribution < -0.4 is 4.72 Å². The van der Waals surface area contributed by atoms with Crippen molar-refractivity contribution in [3.05, 3.63) is 44.5 Å². The predicted molar refractivity (Wildman–Crippen MR) is 95.5 cm³/mol. The molecule has 0 aliphatic heterocycles. The molecule has 3 aromatic rings. The molecule has 126 valence electrons. The molecule has 5 nitrogen and oxygen atoms in total. The largest absolute Gasteiger partial charge is 0.274 e. The minimum absolute atomic E-state index is 0.0510. The van der Waals surface area contributed by atoms with Crippen LogP contribution in [0.5, 0.6) is 0 Å². The van der Waals surface area contributed by atoms with Gasteiger partial charge in [0, 0.05) is 5.38 Å². The van der Waals surface area contributed by atoms with Gasteiger partial charge in [0.05, 0.1) is 20.6 Å². The minimum atomic E-state index is -3.98. The third-order valence-corrected chi connectivity index (χ3v) is 8.04. The van der Waals surface area contributed by atoms with Gasteiger partial charge in [-0.1, -0.05) is 52.2 Å². The van der Waals surface area contributed by atoms with Crippen LogP contribution in [0.3, 0.4) is 0 Å². The zero-order chi connectivity index (χ0) is 17.5. The molecule has 0 bridgehead atoms. The van der Waals surface area contributed by atoms with Crippen molar-refractivity contribution in [1.29, 1.82) is 0 Å². The van der Waals surface area contributed by atoms with Crippen LogP contribution >= 0.6 is 57.5 Å². The van der Waals surface area contributed by atoms with E-state index in [1.807, 2.05) is 0 Å². The molecule has 3 rings (SSSR count). The molecule has 0 radical (unpaired) electrons. The second-order valence-electron chi connectivity index (χ2n) is 4.30. The Morgan fingerprint density at radius 1 is 1.12 bits per heavy atom. The van der Waals surface area contributed by atoms with E-state index in [0.29, 0.717) is 0 Å². The van der Waals surface area contributed by atoms with Crippen LogP contribution in [0.25, 0.3) is 10.6 Å². The summed E-state index contributed by atoms with van der Waals surface area (Å²) in [5.74, 6) is -0.582. The van der Waals surface area contributed by atoms with E-state index >= 15 is 0 Å². The van der Waals surface area contributed by atoms with Crippen LogP contribution in [0.4, 0.5) is 9.52 Å². The van der Waals surface area contributed by atoms with Crippen LogP contribution in [-0.4, -0.2) is 18.6 Å². The highest BCUT2D eigenvalue weighted by Gasteiger charge is 2.24. The molecule has 1 aromatic carbocycles. The highest BCUT2D eigenvalue weighted by Crippen LogP contribution is 2.38. The molecular formula is C12H5Cl3FN3O2S3. The summed E-state index contributed by atoms with van der Waals surface area (Å²) in [5.41, 5.74) is 0.0549. The van der Waals surface area contributed by atoms with E-state index in [2.05, 4.69) is 14.9 Å². The van der Waals surface area contributed by atoms with Gasteiger partial charge in [0.25, 0.3) is 10.0 Å². The summed E-state index contributed by atoms with van der Waals surface area (Å²) < 4.78 is 40.6. The van der Waals surface area contributed by atoms with Crippen molar-refractivity contribution in [2.24, 2.45) is 0 Å². The standard InChI is InChI=1S/C12H5Cl3FN3O2S3/c13-5-2-1-3-7(16)8(5)10-17-18-12(23-10)19-24(20,21)11-9(15)6(14)4-22-11/h1-4H,(H,18,19).